The fourth-order valence-corrected chi connectivity index (χ4v) is 4.57. The minimum absolute atomic E-state index is 0. The largest absolute Gasteiger partial charge is 0.497 e. The Hall–Kier alpha value is -3.54. The fraction of sp³-hybridized carbons (Fsp3) is 0.379. The lowest BCUT2D eigenvalue weighted by Gasteiger charge is -2.16. The third-order valence-electron chi connectivity index (χ3n) is 6.26. The van der Waals surface area contributed by atoms with Crippen LogP contribution in [0.2, 0.25) is 0 Å². The molecule has 0 amide bonds. The summed E-state index contributed by atoms with van der Waals surface area (Å²) in [5, 5.41) is 2.87. The van der Waals surface area contributed by atoms with E-state index in [1.54, 1.807) is 21.3 Å². The highest BCUT2D eigenvalue weighted by Crippen LogP contribution is 2.35. The van der Waals surface area contributed by atoms with Crippen molar-refractivity contribution in [1.82, 2.24) is 9.97 Å². The van der Waals surface area contributed by atoms with E-state index in [1.165, 1.54) is 0 Å². The number of pyridine rings is 2. The third-order valence-corrected chi connectivity index (χ3v) is 6.26. The van der Waals surface area contributed by atoms with Crippen molar-refractivity contribution in [2.75, 3.05) is 21.3 Å². The van der Waals surface area contributed by atoms with Gasteiger partial charge in [0, 0.05) is 34.1 Å². The lowest BCUT2D eigenvalue weighted by atomic mass is 9.95. The molecule has 4 aromatic rings. The molecule has 2 aromatic carbocycles. The molecule has 0 saturated heterocycles. The zero-order valence-corrected chi connectivity index (χ0v) is 20.6. The predicted molar refractivity (Wildman–Crippen MR) is 143 cm³/mol. The molecule has 0 unspecified atom stereocenters. The van der Waals surface area contributed by atoms with Crippen LogP contribution in [-0.2, 0) is 19.3 Å². The van der Waals surface area contributed by atoms with Crippen molar-refractivity contribution in [3.8, 4) is 17.2 Å². The van der Waals surface area contributed by atoms with Gasteiger partial charge in [0.2, 0.25) is 0 Å². The molecule has 4 rings (SSSR count). The van der Waals surface area contributed by atoms with Crippen molar-refractivity contribution < 1.29 is 14.2 Å². The second-order valence-corrected chi connectivity index (χ2v) is 8.49. The highest BCUT2D eigenvalue weighted by atomic mass is 16.5. The number of methoxy groups -OCH3 is 3. The zero-order chi connectivity index (χ0) is 24.2. The molecule has 0 aliphatic rings. The van der Waals surface area contributed by atoms with Crippen LogP contribution in [0.3, 0.4) is 0 Å². The van der Waals surface area contributed by atoms with Gasteiger partial charge >= 0.3 is 0 Å². The lowest BCUT2D eigenvalue weighted by Crippen LogP contribution is -2.17. The Morgan fingerprint density at radius 2 is 1.54 bits per heavy atom. The molecule has 0 aliphatic carbocycles. The van der Waals surface area contributed by atoms with E-state index in [4.69, 9.17) is 19.2 Å². The van der Waals surface area contributed by atoms with E-state index in [0.29, 0.717) is 23.5 Å². The van der Waals surface area contributed by atoms with Gasteiger partial charge in [0.15, 0.2) is 11.5 Å². The first-order chi connectivity index (χ1) is 16.5. The molecule has 6 heteroatoms. The smallest absolute Gasteiger partial charge is 0.252 e. The first-order valence-corrected chi connectivity index (χ1v) is 11.8. The predicted octanol–water partition coefficient (Wildman–Crippen LogP) is 6.23. The van der Waals surface area contributed by atoms with Gasteiger partial charge in [-0.25, -0.2) is 0 Å². The molecule has 0 bridgehead atoms. The van der Waals surface area contributed by atoms with Gasteiger partial charge in [0.05, 0.1) is 26.8 Å². The van der Waals surface area contributed by atoms with Crippen LogP contribution in [0.1, 0.15) is 56.6 Å². The van der Waals surface area contributed by atoms with Crippen LogP contribution in [0.25, 0.3) is 21.7 Å². The fourth-order valence-electron chi connectivity index (χ4n) is 4.57. The number of nitrogens with one attached hydrogen (secondary N) is 1. The number of fused-ring (bicyclic) bond motifs is 2. The summed E-state index contributed by atoms with van der Waals surface area (Å²) in [4.78, 5) is 21.4. The number of benzene rings is 2. The molecule has 0 spiro atoms. The Balaban J connectivity index is 0.00000342. The second kappa shape index (κ2) is 11.3. The van der Waals surface area contributed by atoms with Gasteiger partial charge in [-0.15, -0.1) is 0 Å². The third kappa shape index (κ3) is 5.11. The first-order valence-electron chi connectivity index (χ1n) is 11.8. The van der Waals surface area contributed by atoms with E-state index in [0.717, 1.165) is 70.1 Å². The van der Waals surface area contributed by atoms with Crippen molar-refractivity contribution in [2.45, 2.75) is 53.4 Å². The number of aromatic nitrogens is 2. The Labute approximate surface area is 207 Å². The summed E-state index contributed by atoms with van der Waals surface area (Å²) in [6.07, 6.45) is 4.00. The lowest BCUT2D eigenvalue weighted by molar-refractivity contribution is 0.356. The molecular formula is C29H36N2O4. The molecule has 0 aliphatic heterocycles. The topological polar surface area (TPSA) is 73.4 Å². The van der Waals surface area contributed by atoms with Crippen LogP contribution in [0.15, 0.2) is 41.2 Å². The highest BCUT2D eigenvalue weighted by molar-refractivity contribution is 5.91. The van der Waals surface area contributed by atoms with Gasteiger partial charge in [0.25, 0.3) is 5.56 Å². The number of hydrogen-bond donors (Lipinski definition) is 1. The Kier molecular flexibility index (Phi) is 8.39. The van der Waals surface area contributed by atoms with Gasteiger partial charge in [0.1, 0.15) is 5.75 Å². The number of aryl methyl sites for hydroxylation is 2. The number of ether oxygens (including phenoxy) is 3. The highest BCUT2D eigenvalue weighted by Gasteiger charge is 2.18. The van der Waals surface area contributed by atoms with Crippen LogP contribution in [-0.4, -0.2) is 31.3 Å². The number of H-pyrrole nitrogens is 1. The van der Waals surface area contributed by atoms with Crippen molar-refractivity contribution in [3.63, 3.8) is 0 Å². The molecule has 1 N–H and O–H groups in total. The summed E-state index contributed by atoms with van der Waals surface area (Å²) in [6, 6.07) is 11.9. The molecule has 0 saturated carbocycles. The summed E-state index contributed by atoms with van der Waals surface area (Å²) < 4.78 is 16.5. The van der Waals surface area contributed by atoms with Crippen molar-refractivity contribution in [2.24, 2.45) is 0 Å². The number of hydrogen-bond acceptors (Lipinski definition) is 5. The molecule has 186 valence electrons. The van der Waals surface area contributed by atoms with Crippen LogP contribution >= 0.6 is 0 Å². The van der Waals surface area contributed by atoms with Crippen molar-refractivity contribution in [1.29, 1.82) is 0 Å². The van der Waals surface area contributed by atoms with Gasteiger partial charge < -0.3 is 19.2 Å². The molecule has 0 radical (unpaired) electrons. The minimum Gasteiger partial charge on any atom is -0.497 e. The Bertz CT molecular complexity index is 1390. The number of rotatable bonds is 9. The summed E-state index contributed by atoms with van der Waals surface area (Å²) in [6.45, 7) is 4.24. The minimum atomic E-state index is -0.0728. The van der Waals surface area contributed by atoms with Crippen molar-refractivity contribution in [3.05, 3.63) is 69.3 Å². The summed E-state index contributed by atoms with van der Waals surface area (Å²) in [5.74, 6) is 2.04. The van der Waals surface area contributed by atoms with E-state index < -0.39 is 0 Å². The zero-order valence-electron chi connectivity index (χ0n) is 20.6. The summed E-state index contributed by atoms with van der Waals surface area (Å²) in [5.41, 5.74) is 4.55. The first kappa shape index (κ1) is 26.1. The average molecular weight is 477 g/mol. The van der Waals surface area contributed by atoms with Crippen LogP contribution in [0.4, 0.5) is 0 Å². The van der Waals surface area contributed by atoms with E-state index in [1.807, 2.05) is 30.3 Å². The molecular weight excluding hydrogens is 440 g/mol. The van der Waals surface area contributed by atoms with Gasteiger partial charge in [-0.3, -0.25) is 9.78 Å². The summed E-state index contributed by atoms with van der Waals surface area (Å²) >= 11 is 0. The van der Waals surface area contributed by atoms with E-state index in [9.17, 15) is 4.79 Å². The maximum Gasteiger partial charge on any atom is 0.252 e. The van der Waals surface area contributed by atoms with Crippen molar-refractivity contribution >= 4 is 21.7 Å². The molecule has 0 fully saturated rings. The van der Waals surface area contributed by atoms with Crippen LogP contribution in [0, 0.1) is 0 Å². The second-order valence-electron chi connectivity index (χ2n) is 8.49. The summed E-state index contributed by atoms with van der Waals surface area (Å²) in [7, 11) is 4.90. The standard InChI is InChI=1S/C28H32N2O4.CH4/c1-6-8-23-18(12-17-13-19(32-3)10-11-24(17)29-23)14-22-20-15-26(33-4)27(34-5)16-21(20)25(9-7-2)30-28(22)31;/h10-13,15-16H,6-9,14H2,1-5H3,(H,30,31);1H4. The molecule has 0 atom stereocenters. The molecule has 6 nitrogen and oxygen atoms in total. The quantitative estimate of drug-likeness (QED) is 0.310. The molecule has 35 heavy (non-hydrogen) atoms. The molecule has 2 aromatic heterocycles. The SMILES string of the molecule is C.CCCc1nc2ccc(OC)cc2cc1Cc1c(=O)[nH]c(CCC)c2cc(OC)c(OC)cc12. The maximum absolute atomic E-state index is 13.4. The van der Waals surface area contributed by atoms with E-state index in [-0.39, 0.29) is 13.0 Å². The normalized spacial score (nSPS) is 10.9. The van der Waals surface area contributed by atoms with Crippen LogP contribution < -0.4 is 19.8 Å². The van der Waals surface area contributed by atoms with Gasteiger partial charge in [-0.1, -0.05) is 34.1 Å². The maximum atomic E-state index is 13.4. The number of nitrogens with zero attached hydrogens (tertiary/aromatic N) is 1. The van der Waals surface area contributed by atoms with E-state index >= 15 is 0 Å². The molecule has 2 heterocycles. The average Bonchev–Trinajstić information content (AvgIpc) is 2.85. The Morgan fingerprint density at radius 1 is 0.857 bits per heavy atom. The van der Waals surface area contributed by atoms with Crippen LogP contribution in [0.5, 0.6) is 17.2 Å². The Morgan fingerprint density at radius 3 is 2.17 bits per heavy atom. The monoisotopic (exact) mass is 476 g/mol. The van der Waals surface area contributed by atoms with E-state index in [2.05, 4.69) is 24.9 Å². The van der Waals surface area contributed by atoms with Gasteiger partial charge in [-0.05, 0) is 60.2 Å². The number of aromatic amines is 1. The van der Waals surface area contributed by atoms with Gasteiger partial charge in [-0.2, -0.15) is 0 Å².